The molecule has 0 spiro atoms. The molecule has 6 heteroatoms. The molecule has 0 unspecified atom stereocenters. The van der Waals surface area contributed by atoms with Crippen LogP contribution < -0.4 is 5.73 Å². The zero-order valence-electron chi connectivity index (χ0n) is 9.43. The molecular weight excluding hydrogens is 265 g/mol. The van der Waals surface area contributed by atoms with Crippen LogP contribution in [0.15, 0.2) is 36.4 Å². The summed E-state index contributed by atoms with van der Waals surface area (Å²) in [6, 6.07) is 5.91. The lowest BCUT2D eigenvalue weighted by molar-refractivity contribution is -0.137. The van der Waals surface area contributed by atoms with Gasteiger partial charge in [-0.05, 0) is 29.8 Å². The van der Waals surface area contributed by atoms with Gasteiger partial charge in [-0.2, -0.15) is 13.2 Å². The van der Waals surface area contributed by atoms with E-state index < -0.39 is 23.4 Å². The van der Waals surface area contributed by atoms with Gasteiger partial charge in [0.1, 0.15) is 0 Å². The van der Waals surface area contributed by atoms with Crippen molar-refractivity contribution in [1.29, 1.82) is 0 Å². The molecule has 1 nitrogen and oxygen atoms in total. The van der Waals surface area contributed by atoms with Gasteiger partial charge in [-0.25, -0.2) is 8.78 Å². The fourth-order valence-corrected chi connectivity index (χ4v) is 1.70. The smallest absolute Gasteiger partial charge is 0.399 e. The zero-order valence-corrected chi connectivity index (χ0v) is 9.43. The van der Waals surface area contributed by atoms with E-state index in [0.29, 0.717) is 0 Å². The second kappa shape index (κ2) is 4.53. The van der Waals surface area contributed by atoms with E-state index in [1.165, 1.54) is 12.1 Å². The quantitative estimate of drug-likeness (QED) is 0.610. The zero-order chi connectivity index (χ0) is 14.2. The fourth-order valence-electron chi connectivity index (χ4n) is 1.70. The van der Waals surface area contributed by atoms with E-state index in [1.807, 2.05) is 0 Å². The molecule has 0 bridgehead atoms. The summed E-state index contributed by atoms with van der Waals surface area (Å²) in [6.07, 6.45) is -4.60. The van der Waals surface area contributed by atoms with Gasteiger partial charge >= 0.3 is 6.18 Å². The van der Waals surface area contributed by atoms with Gasteiger partial charge in [0.2, 0.25) is 0 Å². The lowest BCUT2D eigenvalue weighted by Crippen LogP contribution is -2.06. The Morgan fingerprint density at radius 3 is 2.26 bits per heavy atom. The van der Waals surface area contributed by atoms with Crippen LogP contribution >= 0.6 is 0 Å². The maximum atomic E-state index is 13.6. The lowest BCUT2D eigenvalue weighted by atomic mass is 10.0. The number of anilines is 1. The number of rotatable bonds is 1. The van der Waals surface area contributed by atoms with Crippen molar-refractivity contribution >= 4 is 5.69 Å². The summed E-state index contributed by atoms with van der Waals surface area (Å²) in [4.78, 5) is 0. The Labute approximate surface area is 105 Å². The van der Waals surface area contributed by atoms with E-state index in [-0.39, 0.29) is 16.8 Å². The van der Waals surface area contributed by atoms with Crippen LogP contribution in [0.1, 0.15) is 5.56 Å². The number of nitrogens with two attached hydrogens (primary N) is 1. The molecule has 0 atom stereocenters. The van der Waals surface area contributed by atoms with Gasteiger partial charge in [0.05, 0.1) is 5.56 Å². The molecule has 19 heavy (non-hydrogen) atoms. The Balaban J connectivity index is 2.63. The molecule has 0 saturated heterocycles. The molecule has 100 valence electrons. The summed E-state index contributed by atoms with van der Waals surface area (Å²) >= 11 is 0. The standard InChI is InChI=1S/C13H8F5N/c14-11-3-1-2-10(12(11)15)7-4-8(13(16,17)18)6-9(19)5-7/h1-6H,19H2. The summed E-state index contributed by atoms with van der Waals surface area (Å²) in [5.41, 5.74) is 3.80. The Bertz CT molecular complexity index is 619. The first-order chi connectivity index (χ1) is 8.79. The summed E-state index contributed by atoms with van der Waals surface area (Å²) in [6.45, 7) is 0. The molecule has 0 heterocycles. The summed E-state index contributed by atoms with van der Waals surface area (Å²) in [7, 11) is 0. The highest BCUT2D eigenvalue weighted by Crippen LogP contribution is 2.35. The van der Waals surface area contributed by atoms with Crippen molar-refractivity contribution in [3.05, 3.63) is 53.6 Å². The Morgan fingerprint density at radius 1 is 0.947 bits per heavy atom. The minimum absolute atomic E-state index is 0.121. The van der Waals surface area contributed by atoms with Crippen LogP contribution in [0.2, 0.25) is 0 Å². The highest BCUT2D eigenvalue weighted by atomic mass is 19.4. The van der Waals surface area contributed by atoms with Crippen molar-refractivity contribution in [2.24, 2.45) is 0 Å². The van der Waals surface area contributed by atoms with Gasteiger partial charge in [0.25, 0.3) is 0 Å². The first kappa shape index (κ1) is 13.3. The Morgan fingerprint density at radius 2 is 1.63 bits per heavy atom. The van der Waals surface area contributed by atoms with E-state index in [4.69, 9.17) is 5.73 Å². The summed E-state index contributed by atoms with van der Waals surface area (Å²) in [5, 5.41) is 0. The van der Waals surface area contributed by atoms with Crippen LogP contribution in [-0.2, 0) is 6.18 Å². The van der Waals surface area contributed by atoms with E-state index >= 15 is 0 Å². The molecule has 2 aromatic carbocycles. The van der Waals surface area contributed by atoms with Crippen molar-refractivity contribution < 1.29 is 22.0 Å². The number of hydrogen-bond donors (Lipinski definition) is 1. The van der Waals surface area contributed by atoms with Crippen molar-refractivity contribution in [3.8, 4) is 11.1 Å². The van der Waals surface area contributed by atoms with E-state index in [9.17, 15) is 22.0 Å². The van der Waals surface area contributed by atoms with Crippen LogP contribution in [0.4, 0.5) is 27.6 Å². The molecular formula is C13H8F5N. The third-order valence-corrected chi connectivity index (χ3v) is 2.55. The molecule has 0 fully saturated rings. The second-order valence-corrected chi connectivity index (χ2v) is 3.94. The van der Waals surface area contributed by atoms with Crippen molar-refractivity contribution in [2.75, 3.05) is 5.73 Å². The van der Waals surface area contributed by atoms with Crippen molar-refractivity contribution in [1.82, 2.24) is 0 Å². The van der Waals surface area contributed by atoms with Gasteiger partial charge in [0.15, 0.2) is 11.6 Å². The lowest BCUT2D eigenvalue weighted by Gasteiger charge is -2.11. The molecule has 2 aromatic rings. The van der Waals surface area contributed by atoms with Crippen molar-refractivity contribution in [3.63, 3.8) is 0 Å². The van der Waals surface area contributed by atoms with Gasteiger partial charge in [-0.1, -0.05) is 12.1 Å². The van der Waals surface area contributed by atoms with Gasteiger partial charge in [-0.3, -0.25) is 0 Å². The average Bonchev–Trinajstić information content (AvgIpc) is 2.31. The van der Waals surface area contributed by atoms with E-state index in [2.05, 4.69) is 0 Å². The number of nitrogen functional groups attached to an aromatic ring is 1. The minimum Gasteiger partial charge on any atom is -0.399 e. The Hall–Kier alpha value is -2.11. The largest absolute Gasteiger partial charge is 0.416 e. The van der Waals surface area contributed by atoms with Gasteiger partial charge < -0.3 is 5.73 Å². The first-order valence-electron chi connectivity index (χ1n) is 5.21. The van der Waals surface area contributed by atoms with Crippen LogP contribution in [0, 0.1) is 11.6 Å². The first-order valence-corrected chi connectivity index (χ1v) is 5.21. The topological polar surface area (TPSA) is 26.0 Å². The molecule has 0 aromatic heterocycles. The van der Waals surface area contributed by atoms with Gasteiger partial charge in [0, 0.05) is 11.3 Å². The summed E-state index contributed by atoms with van der Waals surface area (Å²) < 4.78 is 64.5. The number of hydrogen-bond acceptors (Lipinski definition) is 1. The highest BCUT2D eigenvalue weighted by molar-refractivity contribution is 5.69. The molecule has 0 amide bonds. The van der Waals surface area contributed by atoms with Crippen LogP contribution in [0.25, 0.3) is 11.1 Å². The van der Waals surface area contributed by atoms with Crippen molar-refractivity contribution in [2.45, 2.75) is 6.18 Å². The average molecular weight is 273 g/mol. The van der Waals surface area contributed by atoms with E-state index in [0.717, 1.165) is 24.3 Å². The third kappa shape index (κ3) is 2.67. The molecule has 0 aliphatic rings. The molecule has 0 radical (unpaired) electrons. The minimum atomic E-state index is -4.60. The second-order valence-electron chi connectivity index (χ2n) is 3.94. The summed E-state index contributed by atoms with van der Waals surface area (Å²) in [5.74, 6) is -2.34. The Kier molecular flexibility index (Phi) is 3.18. The highest BCUT2D eigenvalue weighted by Gasteiger charge is 2.31. The van der Waals surface area contributed by atoms with Crippen LogP contribution in [0.5, 0.6) is 0 Å². The predicted molar refractivity (Wildman–Crippen MR) is 61.2 cm³/mol. The monoisotopic (exact) mass is 273 g/mol. The predicted octanol–water partition coefficient (Wildman–Crippen LogP) is 4.23. The fraction of sp³-hybridized carbons (Fsp3) is 0.0769. The maximum Gasteiger partial charge on any atom is 0.416 e. The number of halogens is 5. The third-order valence-electron chi connectivity index (χ3n) is 2.55. The maximum absolute atomic E-state index is 13.6. The number of alkyl halides is 3. The molecule has 0 aliphatic heterocycles. The molecule has 2 rings (SSSR count). The SMILES string of the molecule is Nc1cc(-c2cccc(F)c2F)cc(C(F)(F)F)c1. The van der Waals surface area contributed by atoms with Crippen LogP contribution in [-0.4, -0.2) is 0 Å². The molecule has 0 aliphatic carbocycles. The normalized spacial score (nSPS) is 11.6. The molecule has 2 N–H and O–H groups in total. The number of benzene rings is 2. The van der Waals surface area contributed by atoms with Crippen LogP contribution in [0.3, 0.4) is 0 Å². The molecule has 0 saturated carbocycles. The van der Waals surface area contributed by atoms with Gasteiger partial charge in [-0.15, -0.1) is 0 Å². The van der Waals surface area contributed by atoms with E-state index in [1.54, 1.807) is 0 Å².